The van der Waals surface area contributed by atoms with Crippen molar-refractivity contribution in [1.29, 1.82) is 0 Å². The minimum atomic E-state index is -3.78. The Labute approximate surface area is 129 Å². The van der Waals surface area contributed by atoms with Gasteiger partial charge in [-0.25, -0.2) is 13.1 Å². The fourth-order valence-corrected chi connectivity index (χ4v) is 3.30. The molecule has 1 unspecified atom stereocenters. The average molecular weight is 336 g/mol. The molecule has 1 aromatic rings. The van der Waals surface area contributed by atoms with E-state index in [2.05, 4.69) is 4.72 Å². The van der Waals surface area contributed by atoms with Crippen molar-refractivity contribution in [1.82, 2.24) is 4.72 Å². The van der Waals surface area contributed by atoms with E-state index in [9.17, 15) is 18.5 Å². The van der Waals surface area contributed by atoms with Gasteiger partial charge in [0.2, 0.25) is 10.0 Å². The number of nitro benzene ring substituents is 1. The molecule has 0 amide bonds. The number of halogens is 1. The molecule has 0 aromatic heterocycles. The van der Waals surface area contributed by atoms with E-state index in [1.165, 1.54) is 12.1 Å². The number of hydrogen-bond acceptors (Lipinski definition) is 5. The van der Waals surface area contributed by atoms with Gasteiger partial charge in [-0.3, -0.25) is 10.1 Å². The Kier molecular flexibility index (Phi) is 5.68. The van der Waals surface area contributed by atoms with Crippen molar-refractivity contribution in [2.75, 3.05) is 6.54 Å². The standard InChI is InChI=1S/C12H17N3O4S.ClH/c1-8-2-5-10(15(16)17)6-12(8)20(18,19)14-7-11(13)9-3-4-9;/h2,5-6,9,11,14H,3-4,7,13H2,1H3;1H. The summed E-state index contributed by atoms with van der Waals surface area (Å²) in [6.45, 7) is 1.74. The molecule has 9 heteroatoms. The topological polar surface area (TPSA) is 115 Å². The maximum Gasteiger partial charge on any atom is 0.270 e. The Morgan fingerprint density at radius 1 is 1.48 bits per heavy atom. The zero-order valence-electron chi connectivity index (χ0n) is 11.5. The summed E-state index contributed by atoms with van der Waals surface area (Å²) in [6.07, 6.45) is 2.05. The van der Waals surface area contributed by atoms with Crippen molar-refractivity contribution in [2.45, 2.75) is 30.7 Å². The first-order valence-corrected chi connectivity index (χ1v) is 7.80. The van der Waals surface area contributed by atoms with Gasteiger partial charge in [0.15, 0.2) is 0 Å². The smallest absolute Gasteiger partial charge is 0.270 e. The molecule has 0 saturated heterocycles. The van der Waals surface area contributed by atoms with E-state index >= 15 is 0 Å². The van der Waals surface area contributed by atoms with Crippen LogP contribution in [-0.4, -0.2) is 25.9 Å². The molecule has 1 aliphatic rings. The highest BCUT2D eigenvalue weighted by molar-refractivity contribution is 7.89. The molecule has 21 heavy (non-hydrogen) atoms. The zero-order chi connectivity index (χ0) is 14.9. The van der Waals surface area contributed by atoms with E-state index in [1.807, 2.05) is 0 Å². The van der Waals surface area contributed by atoms with Crippen LogP contribution in [0.5, 0.6) is 0 Å². The summed E-state index contributed by atoms with van der Waals surface area (Å²) < 4.78 is 26.8. The SMILES string of the molecule is Cc1ccc([N+](=O)[O-])cc1S(=O)(=O)NCC(N)C1CC1.Cl. The van der Waals surface area contributed by atoms with E-state index in [0.29, 0.717) is 11.5 Å². The molecule has 1 atom stereocenters. The number of sulfonamides is 1. The second-order valence-electron chi connectivity index (χ2n) is 5.06. The number of nitrogens with two attached hydrogens (primary N) is 1. The number of benzene rings is 1. The minimum Gasteiger partial charge on any atom is -0.326 e. The van der Waals surface area contributed by atoms with Gasteiger partial charge in [0.05, 0.1) is 9.82 Å². The second-order valence-corrected chi connectivity index (χ2v) is 6.80. The first-order chi connectivity index (χ1) is 9.31. The third kappa shape index (κ3) is 4.37. The molecule has 0 heterocycles. The van der Waals surface area contributed by atoms with Crippen molar-refractivity contribution < 1.29 is 13.3 Å². The molecule has 118 valence electrons. The number of rotatable bonds is 6. The van der Waals surface area contributed by atoms with Gasteiger partial charge in [-0.15, -0.1) is 12.4 Å². The van der Waals surface area contributed by atoms with Crippen LogP contribution in [0.25, 0.3) is 0 Å². The summed E-state index contributed by atoms with van der Waals surface area (Å²) in [5.74, 6) is 0.379. The van der Waals surface area contributed by atoms with Gasteiger partial charge in [0, 0.05) is 24.7 Å². The van der Waals surface area contributed by atoms with Gasteiger partial charge in [0.1, 0.15) is 0 Å². The predicted octanol–water partition coefficient (Wildman–Crippen LogP) is 1.34. The first kappa shape index (κ1) is 17.8. The molecule has 1 aliphatic carbocycles. The lowest BCUT2D eigenvalue weighted by Gasteiger charge is -2.13. The van der Waals surface area contributed by atoms with Crippen LogP contribution in [0.3, 0.4) is 0 Å². The first-order valence-electron chi connectivity index (χ1n) is 6.31. The van der Waals surface area contributed by atoms with Gasteiger partial charge in [0.25, 0.3) is 5.69 Å². The van der Waals surface area contributed by atoms with E-state index in [1.54, 1.807) is 6.92 Å². The van der Waals surface area contributed by atoms with Crippen molar-refractivity contribution in [3.63, 3.8) is 0 Å². The van der Waals surface area contributed by atoms with Crippen LogP contribution in [0, 0.1) is 23.0 Å². The summed E-state index contributed by atoms with van der Waals surface area (Å²) in [4.78, 5) is 10.0. The molecule has 1 saturated carbocycles. The van der Waals surface area contributed by atoms with E-state index < -0.39 is 14.9 Å². The molecule has 0 bridgehead atoms. The van der Waals surface area contributed by atoms with Crippen LogP contribution in [0.2, 0.25) is 0 Å². The maximum atomic E-state index is 12.2. The van der Waals surface area contributed by atoms with Crippen LogP contribution < -0.4 is 10.5 Å². The van der Waals surface area contributed by atoms with Gasteiger partial charge in [-0.05, 0) is 31.2 Å². The molecule has 0 spiro atoms. The lowest BCUT2D eigenvalue weighted by Crippen LogP contribution is -2.38. The monoisotopic (exact) mass is 335 g/mol. The molecule has 2 rings (SSSR count). The highest BCUT2D eigenvalue weighted by atomic mass is 35.5. The van der Waals surface area contributed by atoms with Crippen molar-refractivity contribution >= 4 is 28.1 Å². The fraction of sp³-hybridized carbons (Fsp3) is 0.500. The van der Waals surface area contributed by atoms with Crippen LogP contribution in [0.4, 0.5) is 5.69 Å². The van der Waals surface area contributed by atoms with E-state index in [-0.39, 0.29) is 35.6 Å². The summed E-state index contributed by atoms with van der Waals surface area (Å²) in [5, 5.41) is 10.7. The summed E-state index contributed by atoms with van der Waals surface area (Å²) in [6, 6.07) is 3.57. The minimum absolute atomic E-state index is 0. The van der Waals surface area contributed by atoms with Crippen molar-refractivity contribution in [3.8, 4) is 0 Å². The largest absolute Gasteiger partial charge is 0.326 e. The fourth-order valence-electron chi connectivity index (χ4n) is 1.97. The van der Waals surface area contributed by atoms with Gasteiger partial charge in [-0.1, -0.05) is 6.07 Å². The van der Waals surface area contributed by atoms with Crippen molar-refractivity contribution in [3.05, 3.63) is 33.9 Å². The summed E-state index contributed by atoms with van der Waals surface area (Å²) in [7, 11) is -3.78. The number of aryl methyl sites for hydroxylation is 1. The predicted molar refractivity (Wildman–Crippen MR) is 81.0 cm³/mol. The second kappa shape index (κ2) is 6.69. The Balaban J connectivity index is 0.00000220. The summed E-state index contributed by atoms with van der Waals surface area (Å²) in [5.41, 5.74) is 6.06. The third-order valence-corrected chi connectivity index (χ3v) is 4.97. The summed E-state index contributed by atoms with van der Waals surface area (Å²) >= 11 is 0. The zero-order valence-corrected chi connectivity index (χ0v) is 13.1. The Hall–Kier alpha value is -1.22. The van der Waals surface area contributed by atoms with Gasteiger partial charge < -0.3 is 5.73 Å². The van der Waals surface area contributed by atoms with Crippen LogP contribution in [0.1, 0.15) is 18.4 Å². The van der Waals surface area contributed by atoms with Crippen LogP contribution in [-0.2, 0) is 10.0 Å². The molecule has 1 aromatic carbocycles. The highest BCUT2D eigenvalue weighted by Gasteiger charge is 2.30. The molecule has 7 nitrogen and oxygen atoms in total. The Morgan fingerprint density at radius 2 is 2.10 bits per heavy atom. The van der Waals surface area contributed by atoms with Crippen LogP contribution in [0.15, 0.2) is 23.1 Å². The maximum absolute atomic E-state index is 12.2. The molecule has 0 radical (unpaired) electrons. The van der Waals surface area contributed by atoms with Gasteiger partial charge in [-0.2, -0.15) is 0 Å². The molecular formula is C12H18ClN3O4S. The molecule has 1 fully saturated rings. The normalized spacial score (nSPS) is 16.1. The van der Waals surface area contributed by atoms with E-state index in [0.717, 1.165) is 18.9 Å². The Morgan fingerprint density at radius 3 is 2.62 bits per heavy atom. The Bertz CT molecular complexity index is 631. The number of nitrogens with one attached hydrogen (secondary N) is 1. The lowest BCUT2D eigenvalue weighted by molar-refractivity contribution is -0.385. The molecule has 3 N–H and O–H groups in total. The average Bonchev–Trinajstić information content (AvgIpc) is 3.20. The van der Waals surface area contributed by atoms with Gasteiger partial charge >= 0.3 is 0 Å². The number of nitro groups is 1. The lowest BCUT2D eigenvalue weighted by atomic mass is 10.2. The van der Waals surface area contributed by atoms with Crippen LogP contribution >= 0.6 is 12.4 Å². The molecular weight excluding hydrogens is 318 g/mol. The number of non-ortho nitro benzene ring substituents is 1. The highest BCUT2D eigenvalue weighted by Crippen LogP contribution is 2.31. The molecule has 0 aliphatic heterocycles. The number of nitrogens with zero attached hydrogens (tertiary/aromatic N) is 1. The number of hydrogen-bond donors (Lipinski definition) is 2. The van der Waals surface area contributed by atoms with E-state index in [4.69, 9.17) is 5.73 Å². The third-order valence-electron chi connectivity index (χ3n) is 3.41. The van der Waals surface area contributed by atoms with Crippen molar-refractivity contribution in [2.24, 2.45) is 11.7 Å². The quantitative estimate of drug-likeness (QED) is 0.601.